The first kappa shape index (κ1) is 16.8. The van der Waals surface area contributed by atoms with Gasteiger partial charge in [-0.3, -0.25) is 0 Å². The highest BCUT2D eigenvalue weighted by Crippen LogP contribution is 2.12. The molecule has 1 aromatic rings. The maximum Gasteiger partial charge on any atom is 0.407 e. The van der Waals surface area contributed by atoms with Crippen LogP contribution in [0.3, 0.4) is 0 Å². The van der Waals surface area contributed by atoms with E-state index >= 15 is 0 Å². The van der Waals surface area contributed by atoms with Crippen molar-refractivity contribution < 1.29 is 9.53 Å². The van der Waals surface area contributed by atoms with Crippen LogP contribution in [0.15, 0.2) is 30.3 Å². The van der Waals surface area contributed by atoms with Crippen molar-refractivity contribution >= 4 is 18.5 Å². The van der Waals surface area contributed by atoms with Gasteiger partial charge in [0, 0.05) is 6.54 Å². The smallest absolute Gasteiger partial charge is 0.407 e. The van der Waals surface area contributed by atoms with Crippen molar-refractivity contribution in [3.8, 4) is 0 Å². The molecule has 0 aromatic heterocycles. The summed E-state index contributed by atoms with van der Waals surface area (Å²) >= 11 is 0. The summed E-state index contributed by atoms with van der Waals surface area (Å²) in [7, 11) is 0. The molecular weight excluding hydrogens is 276 g/mol. The number of benzene rings is 1. The van der Waals surface area contributed by atoms with Crippen LogP contribution in [-0.4, -0.2) is 25.7 Å². The maximum absolute atomic E-state index is 11.6. The van der Waals surface area contributed by atoms with Gasteiger partial charge < -0.3 is 15.4 Å². The standard InChI is InChI=1S/C15H22N2O2.ClH/c18-15(19-12-14-5-2-1-3-6-14)17-11-13-7-4-9-16-10-8-13;/h1-3,5-6,13,16H,4,7-12H2,(H,17,18);1H. The fraction of sp³-hybridized carbons (Fsp3) is 0.533. The minimum absolute atomic E-state index is 0. The second kappa shape index (κ2) is 9.61. The monoisotopic (exact) mass is 298 g/mol. The minimum Gasteiger partial charge on any atom is -0.445 e. The number of nitrogens with one attached hydrogen (secondary N) is 2. The lowest BCUT2D eigenvalue weighted by Gasteiger charge is -2.14. The van der Waals surface area contributed by atoms with Crippen LogP contribution in [0.1, 0.15) is 24.8 Å². The zero-order chi connectivity index (χ0) is 13.3. The Bertz CT molecular complexity index is 379. The molecule has 1 saturated heterocycles. The van der Waals surface area contributed by atoms with Gasteiger partial charge in [0.25, 0.3) is 0 Å². The van der Waals surface area contributed by atoms with Crippen molar-refractivity contribution in [1.82, 2.24) is 10.6 Å². The van der Waals surface area contributed by atoms with Gasteiger partial charge in [-0.05, 0) is 43.8 Å². The van der Waals surface area contributed by atoms with Gasteiger partial charge in [-0.15, -0.1) is 12.4 Å². The number of hydrogen-bond acceptors (Lipinski definition) is 3. The van der Waals surface area contributed by atoms with Crippen LogP contribution in [0.5, 0.6) is 0 Å². The quantitative estimate of drug-likeness (QED) is 0.898. The largest absolute Gasteiger partial charge is 0.445 e. The van der Waals surface area contributed by atoms with Gasteiger partial charge in [0.05, 0.1) is 0 Å². The molecule has 5 heteroatoms. The van der Waals surface area contributed by atoms with Crippen molar-refractivity contribution in [1.29, 1.82) is 0 Å². The molecule has 0 saturated carbocycles. The molecule has 0 spiro atoms. The molecule has 112 valence electrons. The van der Waals surface area contributed by atoms with Gasteiger partial charge in [-0.25, -0.2) is 4.79 Å². The Labute approximate surface area is 126 Å². The first-order chi connectivity index (χ1) is 9.34. The lowest BCUT2D eigenvalue weighted by molar-refractivity contribution is 0.137. The fourth-order valence-corrected chi connectivity index (χ4v) is 2.30. The molecule has 2 N–H and O–H groups in total. The Hall–Kier alpha value is -1.26. The molecule has 1 atom stereocenters. The molecule has 2 rings (SSSR count). The van der Waals surface area contributed by atoms with Gasteiger partial charge in [0.15, 0.2) is 0 Å². The first-order valence-corrected chi connectivity index (χ1v) is 7.00. The molecule has 1 amide bonds. The van der Waals surface area contributed by atoms with Crippen LogP contribution in [0.4, 0.5) is 4.79 Å². The average molecular weight is 299 g/mol. The molecule has 1 fully saturated rings. The number of carbonyl (C=O) groups excluding carboxylic acids is 1. The molecule has 4 nitrogen and oxygen atoms in total. The van der Waals surface area contributed by atoms with E-state index < -0.39 is 0 Å². The summed E-state index contributed by atoms with van der Waals surface area (Å²) in [6, 6.07) is 9.72. The summed E-state index contributed by atoms with van der Waals surface area (Å²) in [6.07, 6.45) is 3.16. The maximum atomic E-state index is 11.6. The summed E-state index contributed by atoms with van der Waals surface area (Å²) < 4.78 is 5.18. The number of alkyl carbamates (subject to hydrolysis) is 1. The third-order valence-electron chi connectivity index (χ3n) is 3.44. The van der Waals surface area contributed by atoms with Crippen molar-refractivity contribution in [3.05, 3.63) is 35.9 Å². The van der Waals surface area contributed by atoms with E-state index in [2.05, 4.69) is 10.6 Å². The van der Waals surface area contributed by atoms with Crippen LogP contribution in [0, 0.1) is 5.92 Å². The third kappa shape index (κ3) is 6.26. The second-order valence-corrected chi connectivity index (χ2v) is 4.99. The van der Waals surface area contributed by atoms with E-state index in [-0.39, 0.29) is 18.5 Å². The van der Waals surface area contributed by atoms with Crippen molar-refractivity contribution in [2.75, 3.05) is 19.6 Å². The average Bonchev–Trinajstić information content (AvgIpc) is 2.73. The van der Waals surface area contributed by atoms with Crippen LogP contribution in [0.2, 0.25) is 0 Å². The van der Waals surface area contributed by atoms with E-state index in [1.165, 1.54) is 12.8 Å². The number of halogens is 1. The van der Waals surface area contributed by atoms with E-state index in [0.29, 0.717) is 12.5 Å². The van der Waals surface area contributed by atoms with Gasteiger partial charge in [-0.1, -0.05) is 30.3 Å². The molecule has 1 heterocycles. The Balaban J connectivity index is 0.00000200. The highest BCUT2D eigenvalue weighted by molar-refractivity contribution is 5.85. The van der Waals surface area contributed by atoms with Gasteiger partial charge >= 0.3 is 6.09 Å². The molecule has 1 aliphatic rings. The molecular formula is C15H23ClN2O2. The zero-order valence-electron chi connectivity index (χ0n) is 11.6. The Morgan fingerprint density at radius 2 is 2.05 bits per heavy atom. The van der Waals surface area contributed by atoms with E-state index in [4.69, 9.17) is 4.74 Å². The number of ether oxygens (including phenoxy) is 1. The lowest BCUT2D eigenvalue weighted by Crippen LogP contribution is -2.30. The number of carbonyl (C=O) groups is 1. The van der Waals surface area contributed by atoms with Crippen molar-refractivity contribution in [2.45, 2.75) is 25.9 Å². The van der Waals surface area contributed by atoms with Crippen LogP contribution in [0.25, 0.3) is 0 Å². The van der Waals surface area contributed by atoms with Crippen molar-refractivity contribution in [2.24, 2.45) is 5.92 Å². The third-order valence-corrected chi connectivity index (χ3v) is 3.44. The van der Waals surface area contributed by atoms with Gasteiger partial charge in [-0.2, -0.15) is 0 Å². The summed E-state index contributed by atoms with van der Waals surface area (Å²) in [6.45, 7) is 3.19. The SMILES string of the molecule is Cl.O=C(NCC1CCCNCC1)OCc1ccccc1. The zero-order valence-corrected chi connectivity index (χ0v) is 12.5. The number of rotatable bonds is 4. The molecule has 1 aliphatic heterocycles. The molecule has 20 heavy (non-hydrogen) atoms. The molecule has 0 radical (unpaired) electrons. The second-order valence-electron chi connectivity index (χ2n) is 4.99. The Morgan fingerprint density at radius 3 is 2.85 bits per heavy atom. The van der Waals surface area contributed by atoms with E-state index in [0.717, 1.165) is 31.6 Å². The highest BCUT2D eigenvalue weighted by atomic mass is 35.5. The summed E-state index contributed by atoms with van der Waals surface area (Å²) in [5, 5.41) is 6.23. The lowest BCUT2D eigenvalue weighted by atomic mass is 10.0. The first-order valence-electron chi connectivity index (χ1n) is 7.00. The predicted molar refractivity (Wildman–Crippen MR) is 82.1 cm³/mol. The van der Waals surface area contributed by atoms with Crippen LogP contribution < -0.4 is 10.6 Å². The van der Waals surface area contributed by atoms with E-state index in [1.807, 2.05) is 30.3 Å². The summed E-state index contributed by atoms with van der Waals surface area (Å²) in [4.78, 5) is 11.6. The van der Waals surface area contributed by atoms with Crippen molar-refractivity contribution in [3.63, 3.8) is 0 Å². The van der Waals surface area contributed by atoms with Gasteiger partial charge in [0.2, 0.25) is 0 Å². The van der Waals surface area contributed by atoms with Gasteiger partial charge in [0.1, 0.15) is 6.61 Å². The number of amides is 1. The Kier molecular flexibility index (Phi) is 8.07. The topological polar surface area (TPSA) is 50.4 Å². The molecule has 1 unspecified atom stereocenters. The molecule has 1 aromatic carbocycles. The van der Waals surface area contributed by atoms with E-state index in [1.54, 1.807) is 0 Å². The highest BCUT2D eigenvalue weighted by Gasteiger charge is 2.13. The predicted octanol–water partition coefficient (Wildman–Crippen LogP) is 2.72. The normalized spacial score (nSPS) is 18.5. The van der Waals surface area contributed by atoms with Crippen LogP contribution in [-0.2, 0) is 11.3 Å². The van der Waals surface area contributed by atoms with E-state index in [9.17, 15) is 4.79 Å². The summed E-state index contributed by atoms with van der Waals surface area (Å²) in [5.41, 5.74) is 1.01. The molecule has 0 bridgehead atoms. The molecule has 0 aliphatic carbocycles. The van der Waals surface area contributed by atoms with Crippen LogP contribution >= 0.6 is 12.4 Å². The number of hydrogen-bond donors (Lipinski definition) is 2. The Morgan fingerprint density at radius 1 is 1.25 bits per heavy atom. The fourth-order valence-electron chi connectivity index (χ4n) is 2.30. The summed E-state index contributed by atoms with van der Waals surface area (Å²) in [5.74, 6) is 0.569. The minimum atomic E-state index is -0.318.